The Hall–Kier alpha value is -1.69. The summed E-state index contributed by atoms with van der Waals surface area (Å²) in [6.07, 6.45) is 5.93. The summed E-state index contributed by atoms with van der Waals surface area (Å²) in [5, 5.41) is 7.02. The molecule has 0 bridgehead atoms. The van der Waals surface area contributed by atoms with E-state index in [4.69, 9.17) is 0 Å². The summed E-state index contributed by atoms with van der Waals surface area (Å²) in [5.41, 5.74) is 0.145. The highest BCUT2D eigenvalue weighted by atomic mass is 16.2. The van der Waals surface area contributed by atoms with Crippen LogP contribution in [0.5, 0.6) is 0 Å². The molecule has 1 N–H and O–H groups in total. The van der Waals surface area contributed by atoms with Crippen molar-refractivity contribution in [1.29, 1.82) is 0 Å². The van der Waals surface area contributed by atoms with Gasteiger partial charge in [-0.05, 0) is 38.4 Å². The van der Waals surface area contributed by atoms with Crippen molar-refractivity contribution in [1.82, 2.24) is 20.0 Å². The van der Waals surface area contributed by atoms with Crippen LogP contribution in [0.15, 0.2) is 16.9 Å². The Morgan fingerprint density at radius 1 is 1.18 bits per heavy atom. The molecule has 2 rings (SSSR count). The van der Waals surface area contributed by atoms with Gasteiger partial charge in [0, 0.05) is 25.7 Å². The molecule has 0 aromatic carbocycles. The van der Waals surface area contributed by atoms with Gasteiger partial charge in [-0.25, -0.2) is 4.68 Å². The minimum Gasteiger partial charge on any atom is -0.349 e. The zero-order valence-corrected chi connectivity index (χ0v) is 13.4. The molecule has 6 heteroatoms. The van der Waals surface area contributed by atoms with Crippen molar-refractivity contribution in [3.05, 3.63) is 28.2 Å². The molecule has 0 radical (unpaired) electrons. The van der Waals surface area contributed by atoms with Crippen LogP contribution >= 0.6 is 0 Å². The molecule has 1 aromatic heterocycles. The van der Waals surface area contributed by atoms with E-state index in [2.05, 4.69) is 15.3 Å². The van der Waals surface area contributed by atoms with Gasteiger partial charge in [-0.3, -0.25) is 9.59 Å². The Kier molecular flexibility index (Phi) is 6.58. The number of hydrogen-bond donors (Lipinski definition) is 1. The maximum Gasteiger partial charge on any atom is 0.271 e. The fourth-order valence-electron chi connectivity index (χ4n) is 2.72. The molecule has 0 aliphatic carbocycles. The molecular weight excluding hydrogens is 280 g/mol. The van der Waals surface area contributed by atoms with Gasteiger partial charge < -0.3 is 10.2 Å². The van der Waals surface area contributed by atoms with Crippen molar-refractivity contribution < 1.29 is 4.79 Å². The molecule has 1 aliphatic rings. The number of nitrogens with zero attached hydrogens (tertiary/aromatic N) is 3. The molecule has 0 saturated carbocycles. The van der Waals surface area contributed by atoms with E-state index in [1.807, 2.05) is 6.92 Å². The molecule has 122 valence electrons. The zero-order chi connectivity index (χ0) is 15.8. The molecular formula is C16H26N4O2. The summed E-state index contributed by atoms with van der Waals surface area (Å²) in [7, 11) is 0. The van der Waals surface area contributed by atoms with Gasteiger partial charge in [0.25, 0.3) is 11.5 Å². The van der Waals surface area contributed by atoms with Crippen molar-refractivity contribution in [2.45, 2.75) is 45.6 Å². The third kappa shape index (κ3) is 4.94. The van der Waals surface area contributed by atoms with E-state index >= 15 is 0 Å². The lowest BCUT2D eigenvalue weighted by Gasteiger charge is -2.19. The maximum absolute atomic E-state index is 12.1. The first-order valence-electron chi connectivity index (χ1n) is 8.29. The van der Waals surface area contributed by atoms with Crippen molar-refractivity contribution in [2.24, 2.45) is 0 Å². The Morgan fingerprint density at radius 2 is 1.91 bits per heavy atom. The highest BCUT2D eigenvalue weighted by Gasteiger charge is 2.11. The minimum absolute atomic E-state index is 0.164. The third-order valence-corrected chi connectivity index (χ3v) is 3.95. The number of carbonyl (C=O) groups is 1. The lowest BCUT2D eigenvalue weighted by Crippen LogP contribution is -2.36. The number of likely N-dealkylation sites (tertiary alicyclic amines) is 1. The number of amides is 1. The predicted octanol–water partition coefficient (Wildman–Crippen LogP) is 1.26. The van der Waals surface area contributed by atoms with Crippen molar-refractivity contribution >= 4 is 5.91 Å². The number of aryl methyl sites for hydroxylation is 1. The van der Waals surface area contributed by atoms with E-state index in [-0.39, 0.29) is 11.5 Å². The van der Waals surface area contributed by atoms with Gasteiger partial charge in [0.05, 0.1) is 0 Å². The molecule has 1 amide bonds. The number of hydrogen-bond acceptors (Lipinski definition) is 4. The van der Waals surface area contributed by atoms with E-state index in [1.165, 1.54) is 42.5 Å². The zero-order valence-electron chi connectivity index (χ0n) is 13.4. The second-order valence-electron chi connectivity index (χ2n) is 5.79. The van der Waals surface area contributed by atoms with Gasteiger partial charge in [-0.2, -0.15) is 5.10 Å². The van der Waals surface area contributed by atoms with Crippen LogP contribution in [0.1, 0.15) is 49.5 Å². The van der Waals surface area contributed by atoms with Crippen molar-refractivity contribution in [2.75, 3.05) is 26.2 Å². The standard InChI is InChI=1S/C16H26N4O2/c1-2-10-20-15(21)8-7-14(18-20)16(22)17-9-13-19-11-5-3-4-6-12-19/h7-8H,2-6,9-13H2,1H3,(H,17,22). The first-order chi connectivity index (χ1) is 10.7. The monoisotopic (exact) mass is 306 g/mol. The topological polar surface area (TPSA) is 67.2 Å². The van der Waals surface area contributed by atoms with Crippen molar-refractivity contribution in [3.8, 4) is 0 Å². The quantitative estimate of drug-likeness (QED) is 0.859. The van der Waals surface area contributed by atoms with E-state index in [0.717, 1.165) is 26.1 Å². The van der Waals surface area contributed by atoms with E-state index in [0.29, 0.717) is 18.8 Å². The summed E-state index contributed by atoms with van der Waals surface area (Å²) in [6, 6.07) is 2.90. The lowest BCUT2D eigenvalue weighted by molar-refractivity contribution is 0.0941. The van der Waals surface area contributed by atoms with Crippen LogP contribution in [0.25, 0.3) is 0 Å². The first-order valence-corrected chi connectivity index (χ1v) is 8.29. The molecule has 0 spiro atoms. The Morgan fingerprint density at radius 3 is 2.59 bits per heavy atom. The summed E-state index contributed by atoms with van der Waals surface area (Å²) in [6.45, 7) is 6.24. The fraction of sp³-hybridized carbons (Fsp3) is 0.688. The Balaban J connectivity index is 1.84. The number of rotatable bonds is 6. The molecule has 2 heterocycles. The number of aromatic nitrogens is 2. The summed E-state index contributed by atoms with van der Waals surface area (Å²) < 4.78 is 1.35. The molecule has 6 nitrogen and oxygen atoms in total. The normalized spacial score (nSPS) is 16.2. The average Bonchev–Trinajstić information content (AvgIpc) is 2.78. The molecule has 0 atom stereocenters. The van der Waals surface area contributed by atoms with Crippen LogP contribution in [0.3, 0.4) is 0 Å². The molecule has 22 heavy (non-hydrogen) atoms. The van der Waals surface area contributed by atoms with Crippen LogP contribution in [-0.4, -0.2) is 46.8 Å². The maximum atomic E-state index is 12.1. The average molecular weight is 306 g/mol. The highest BCUT2D eigenvalue weighted by molar-refractivity contribution is 5.91. The van der Waals surface area contributed by atoms with Crippen LogP contribution in [0.2, 0.25) is 0 Å². The highest BCUT2D eigenvalue weighted by Crippen LogP contribution is 2.08. The first kappa shape index (κ1) is 16.7. The van der Waals surface area contributed by atoms with Gasteiger partial charge in [0.2, 0.25) is 0 Å². The molecule has 1 aromatic rings. The molecule has 0 unspecified atom stereocenters. The van der Waals surface area contributed by atoms with Crippen LogP contribution in [0, 0.1) is 0 Å². The van der Waals surface area contributed by atoms with Gasteiger partial charge in [0.15, 0.2) is 0 Å². The third-order valence-electron chi connectivity index (χ3n) is 3.95. The Labute approximate surface area is 131 Å². The fourth-order valence-corrected chi connectivity index (χ4v) is 2.72. The van der Waals surface area contributed by atoms with Gasteiger partial charge >= 0.3 is 0 Å². The second-order valence-corrected chi connectivity index (χ2v) is 5.79. The second kappa shape index (κ2) is 8.68. The van der Waals surface area contributed by atoms with E-state index in [9.17, 15) is 9.59 Å². The van der Waals surface area contributed by atoms with Crippen LogP contribution in [0.4, 0.5) is 0 Å². The van der Waals surface area contributed by atoms with Crippen molar-refractivity contribution in [3.63, 3.8) is 0 Å². The molecule has 1 fully saturated rings. The van der Waals surface area contributed by atoms with Crippen LogP contribution < -0.4 is 10.9 Å². The van der Waals surface area contributed by atoms with Gasteiger partial charge in [-0.15, -0.1) is 0 Å². The summed E-state index contributed by atoms with van der Waals surface area (Å²) >= 11 is 0. The summed E-state index contributed by atoms with van der Waals surface area (Å²) in [4.78, 5) is 26.1. The smallest absolute Gasteiger partial charge is 0.271 e. The van der Waals surface area contributed by atoms with Gasteiger partial charge in [-0.1, -0.05) is 19.8 Å². The Bertz CT molecular complexity index is 533. The van der Waals surface area contributed by atoms with Gasteiger partial charge in [0.1, 0.15) is 5.69 Å². The molecule has 1 saturated heterocycles. The number of nitrogens with one attached hydrogen (secondary N) is 1. The van der Waals surface area contributed by atoms with E-state index in [1.54, 1.807) is 0 Å². The van der Waals surface area contributed by atoms with E-state index < -0.39 is 0 Å². The lowest BCUT2D eigenvalue weighted by atomic mass is 10.2. The minimum atomic E-state index is -0.209. The SMILES string of the molecule is CCCn1nc(C(=O)NCCN2CCCCCC2)ccc1=O. The predicted molar refractivity (Wildman–Crippen MR) is 86.0 cm³/mol. The summed E-state index contributed by atoms with van der Waals surface area (Å²) in [5.74, 6) is -0.209. The number of carbonyl (C=O) groups excluding carboxylic acids is 1. The largest absolute Gasteiger partial charge is 0.349 e. The molecule has 1 aliphatic heterocycles. The van der Waals surface area contributed by atoms with Crippen LogP contribution in [-0.2, 0) is 6.54 Å².